The van der Waals surface area contributed by atoms with Crippen molar-refractivity contribution in [3.8, 4) is 5.75 Å². The van der Waals surface area contributed by atoms with Gasteiger partial charge in [-0.05, 0) is 31.2 Å². The van der Waals surface area contributed by atoms with E-state index < -0.39 is 28.7 Å². The molecule has 2 heterocycles. The quantitative estimate of drug-likeness (QED) is 0.382. The summed E-state index contributed by atoms with van der Waals surface area (Å²) >= 11 is 0. The zero-order valence-corrected chi connectivity index (χ0v) is 16.3. The van der Waals surface area contributed by atoms with Crippen molar-refractivity contribution >= 4 is 21.6 Å². The lowest BCUT2D eigenvalue weighted by molar-refractivity contribution is -0.711. The zero-order chi connectivity index (χ0) is 20.3. The first-order valence-corrected chi connectivity index (χ1v) is 10.4. The second-order valence-electron chi connectivity index (χ2n) is 6.03. The molecule has 3 atom stereocenters. The predicted molar refractivity (Wildman–Crippen MR) is 103 cm³/mol. The van der Waals surface area contributed by atoms with Gasteiger partial charge in [-0.15, -0.1) is 10.1 Å². The van der Waals surface area contributed by atoms with Crippen LogP contribution in [0.1, 0.15) is 18.2 Å². The van der Waals surface area contributed by atoms with Crippen molar-refractivity contribution in [2.24, 2.45) is 0 Å². The highest BCUT2D eigenvalue weighted by Gasteiger charge is 2.37. The molecular formula is C16H17N3O7S2. The Balaban J connectivity index is 1.66. The lowest BCUT2D eigenvalue weighted by Gasteiger charge is -2.15. The number of ether oxygens (including phenoxy) is 1. The lowest BCUT2D eigenvalue weighted by Crippen LogP contribution is -2.33. The molecular weight excluding hydrogens is 410 g/mol. The van der Waals surface area contributed by atoms with E-state index >= 15 is 0 Å². The number of rotatable bonds is 7. The van der Waals surface area contributed by atoms with Crippen LogP contribution in [0.3, 0.4) is 0 Å². The summed E-state index contributed by atoms with van der Waals surface area (Å²) in [5.41, 5.74) is -0.604. The molecule has 0 radical (unpaired) electrons. The van der Waals surface area contributed by atoms with Crippen LogP contribution in [0, 0.1) is 17.0 Å². The molecule has 2 N–H and O–H groups in total. The first kappa shape index (κ1) is 20.5. The van der Waals surface area contributed by atoms with Crippen molar-refractivity contribution < 1.29 is 19.8 Å². The van der Waals surface area contributed by atoms with Gasteiger partial charge in [0, 0.05) is 28.3 Å². The molecule has 12 heteroatoms. The van der Waals surface area contributed by atoms with Crippen LogP contribution in [0.5, 0.6) is 5.75 Å². The summed E-state index contributed by atoms with van der Waals surface area (Å²) in [6.45, 7) is 1.39. The molecule has 0 saturated carbocycles. The average Bonchev–Trinajstić information content (AvgIpc) is 3.06. The monoisotopic (exact) mass is 427 g/mol. The fraction of sp³-hybridized carbons (Fsp3) is 0.375. The highest BCUT2D eigenvalue weighted by Crippen LogP contribution is 2.44. The number of aryl methyl sites for hydroxylation is 1. The Morgan fingerprint density at radius 3 is 2.75 bits per heavy atom. The molecule has 0 bridgehead atoms. The molecule has 0 amide bonds. The maximum Gasteiger partial charge on any atom is 0.330 e. The van der Waals surface area contributed by atoms with Gasteiger partial charge in [0.25, 0.3) is 10.6 Å². The number of aromatic amines is 1. The Bertz CT molecular complexity index is 960. The molecule has 1 aliphatic rings. The summed E-state index contributed by atoms with van der Waals surface area (Å²) in [6, 6.07) is 6.36. The zero-order valence-electron chi connectivity index (χ0n) is 14.6. The van der Waals surface area contributed by atoms with Crippen molar-refractivity contribution in [2.75, 3.05) is 6.61 Å². The summed E-state index contributed by atoms with van der Waals surface area (Å²) in [5, 5.41) is 19.0. The molecule has 10 nitrogen and oxygen atoms in total. The highest BCUT2D eigenvalue weighted by atomic mass is 33.1. The number of H-pyrrole nitrogens is 1. The summed E-state index contributed by atoms with van der Waals surface area (Å²) < 4.78 is 7.13. The third-order valence-corrected chi connectivity index (χ3v) is 7.00. The summed E-state index contributed by atoms with van der Waals surface area (Å²) in [6.07, 6.45) is 0.860. The molecule has 150 valence electrons. The highest BCUT2D eigenvalue weighted by molar-refractivity contribution is 8.77. The number of hydrogen-bond acceptors (Lipinski definition) is 9. The number of aliphatic hydroxyl groups is 1. The summed E-state index contributed by atoms with van der Waals surface area (Å²) in [7, 11) is 2.90. The van der Waals surface area contributed by atoms with Gasteiger partial charge in [-0.1, -0.05) is 21.6 Å². The van der Waals surface area contributed by atoms with Crippen molar-refractivity contribution in [2.45, 2.75) is 35.8 Å². The molecule has 2 aromatic rings. The summed E-state index contributed by atoms with van der Waals surface area (Å²) in [5.74, 6) is 0.129. The van der Waals surface area contributed by atoms with E-state index in [0.717, 1.165) is 4.90 Å². The largest absolute Gasteiger partial charge is 0.394 e. The van der Waals surface area contributed by atoms with E-state index in [4.69, 9.17) is 4.74 Å². The van der Waals surface area contributed by atoms with Crippen LogP contribution in [0.2, 0.25) is 0 Å². The van der Waals surface area contributed by atoms with Crippen molar-refractivity contribution in [3.63, 3.8) is 0 Å². The maximum atomic E-state index is 12.1. The number of aromatic nitrogens is 2. The second-order valence-corrected chi connectivity index (χ2v) is 8.54. The fourth-order valence-electron chi connectivity index (χ4n) is 2.70. The van der Waals surface area contributed by atoms with Gasteiger partial charge in [0.1, 0.15) is 12.0 Å². The minimum Gasteiger partial charge on any atom is -0.394 e. The first-order chi connectivity index (χ1) is 13.4. The standard InChI is InChI=1S/C16H17N3O7S2/c1-9-7-18(16(22)17-15(9)21)14-6-13(12(8-20)25-14)28-27-11-4-2-10(3-5-11)26-19(23)24/h2-5,7,12-14,20H,6,8H2,1H3,(H,17,21,22)/t12-,13-,14-/m1/s1. The summed E-state index contributed by atoms with van der Waals surface area (Å²) in [4.78, 5) is 41.4. The van der Waals surface area contributed by atoms with Crippen molar-refractivity contribution in [1.29, 1.82) is 0 Å². The van der Waals surface area contributed by atoms with Crippen LogP contribution in [0.15, 0.2) is 44.9 Å². The fourth-order valence-corrected chi connectivity index (χ4v) is 5.34. The van der Waals surface area contributed by atoms with Crippen LogP contribution < -0.4 is 16.1 Å². The van der Waals surface area contributed by atoms with Gasteiger partial charge >= 0.3 is 5.69 Å². The molecule has 0 aliphatic carbocycles. The van der Waals surface area contributed by atoms with Crippen LogP contribution in [0.25, 0.3) is 0 Å². The van der Waals surface area contributed by atoms with E-state index in [1.807, 2.05) is 0 Å². The van der Waals surface area contributed by atoms with Crippen molar-refractivity contribution in [1.82, 2.24) is 9.55 Å². The molecule has 1 saturated heterocycles. The Morgan fingerprint density at radius 1 is 1.39 bits per heavy atom. The Hall–Kier alpha value is -2.28. The van der Waals surface area contributed by atoms with E-state index in [1.165, 1.54) is 44.5 Å². The normalized spacial score (nSPS) is 21.6. The smallest absolute Gasteiger partial charge is 0.330 e. The van der Waals surface area contributed by atoms with Gasteiger partial charge < -0.3 is 9.84 Å². The van der Waals surface area contributed by atoms with Crippen LogP contribution >= 0.6 is 21.6 Å². The van der Waals surface area contributed by atoms with Gasteiger partial charge in [0.15, 0.2) is 0 Å². The molecule has 1 fully saturated rings. The van der Waals surface area contributed by atoms with Gasteiger partial charge in [-0.25, -0.2) is 4.79 Å². The lowest BCUT2D eigenvalue weighted by atomic mass is 10.2. The van der Waals surface area contributed by atoms with E-state index in [1.54, 1.807) is 19.1 Å². The number of nitrogens with one attached hydrogen (secondary N) is 1. The minimum atomic E-state index is -0.876. The SMILES string of the molecule is Cc1cn([C@H]2C[C@@H](SSc3ccc(O[N+](=O)[O-])cc3)[C@@H](CO)O2)c(=O)[nH]c1=O. The Labute approximate surface area is 166 Å². The van der Waals surface area contributed by atoms with Crippen LogP contribution in [0.4, 0.5) is 0 Å². The predicted octanol–water partition coefficient (Wildman–Crippen LogP) is 1.50. The third-order valence-electron chi connectivity index (χ3n) is 4.09. The molecule has 1 aliphatic heterocycles. The van der Waals surface area contributed by atoms with E-state index in [2.05, 4.69) is 9.82 Å². The van der Waals surface area contributed by atoms with Crippen LogP contribution in [-0.4, -0.2) is 37.7 Å². The van der Waals surface area contributed by atoms with Crippen LogP contribution in [-0.2, 0) is 4.74 Å². The van der Waals surface area contributed by atoms with E-state index in [-0.39, 0.29) is 17.6 Å². The molecule has 3 rings (SSSR count). The molecule has 28 heavy (non-hydrogen) atoms. The van der Waals surface area contributed by atoms with Gasteiger partial charge in [-0.2, -0.15) is 0 Å². The average molecular weight is 427 g/mol. The molecule has 0 spiro atoms. The molecule has 1 aromatic heterocycles. The first-order valence-electron chi connectivity index (χ1n) is 8.21. The van der Waals surface area contributed by atoms with Crippen molar-refractivity contribution in [3.05, 3.63) is 67.0 Å². The second kappa shape index (κ2) is 8.82. The van der Waals surface area contributed by atoms with E-state index in [0.29, 0.717) is 12.0 Å². The molecule has 0 unspecified atom stereocenters. The Morgan fingerprint density at radius 2 is 2.11 bits per heavy atom. The Kier molecular flexibility index (Phi) is 6.44. The van der Waals surface area contributed by atoms with Gasteiger partial charge in [0.05, 0.1) is 12.7 Å². The topological polar surface area (TPSA) is 137 Å². The third kappa shape index (κ3) is 4.76. The van der Waals surface area contributed by atoms with E-state index in [9.17, 15) is 24.8 Å². The number of aliphatic hydroxyl groups excluding tert-OH is 1. The van der Waals surface area contributed by atoms with Gasteiger partial charge in [-0.3, -0.25) is 19.2 Å². The number of benzene rings is 1. The number of hydrogen-bond donors (Lipinski definition) is 2. The maximum absolute atomic E-state index is 12.1. The van der Waals surface area contributed by atoms with Gasteiger partial charge in [0.2, 0.25) is 0 Å². The molecule has 1 aromatic carbocycles. The number of nitrogens with zero attached hydrogens (tertiary/aromatic N) is 2. The minimum absolute atomic E-state index is 0.103.